The fraction of sp³-hybridized carbons (Fsp3) is 0.269. The van der Waals surface area contributed by atoms with Gasteiger partial charge in [-0.25, -0.2) is 0 Å². The molecule has 4 aromatic rings. The molecule has 4 rings (SSSR count). The molecule has 0 aliphatic heterocycles. The van der Waals surface area contributed by atoms with Crippen LogP contribution >= 0.6 is 11.6 Å². The minimum Gasteiger partial charge on any atom is -0.485 e. The number of ether oxygens (including phenoxy) is 2. The molecule has 3 N–H and O–H groups in total. The van der Waals surface area contributed by atoms with Gasteiger partial charge in [0.1, 0.15) is 12.6 Å². The maximum Gasteiger partial charge on any atom is 0.240 e. The summed E-state index contributed by atoms with van der Waals surface area (Å²) in [7, 11) is 0. The van der Waals surface area contributed by atoms with E-state index in [1.54, 1.807) is 18.2 Å². The fourth-order valence-corrected chi connectivity index (χ4v) is 3.65. The van der Waals surface area contributed by atoms with Crippen LogP contribution in [0.3, 0.4) is 0 Å². The molecule has 182 valence electrons. The quantitative estimate of drug-likeness (QED) is 0.345. The number of hydrogen-bond donors (Lipinski definition) is 2. The predicted octanol–water partition coefficient (Wildman–Crippen LogP) is 4.07. The van der Waals surface area contributed by atoms with Crippen LogP contribution < -0.4 is 15.8 Å². The minimum atomic E-state index is -1.07. The summed E-state index contributed by atoms with van der Waals surface area (Å²) < 4.78 is 13.7. The molecule has 9 heteroatoms. The minimum absolute atomic E-state index is 0.186. The van der Waals surface area contributed by atoms with Gasteiger partial charge in [0.15, 0.2) is 11.6 Å². The van der Waals surface area contributed by atoms with Crippen molar-refractivity contribution in [3.05, 3.63) is 94.9 Å². The van der Waals surface area contributed by atoms with E-state index < -0.39 is 11.6 Å². The summed E-state index contributed by atoms with van der Waals surface area (Å²) >= 11 is 6.08. The maximum atomic E-state index is 12.7. The molecule has 8 nitrogen and oxygen atoms in total. The molecule has 0 unspecified atom stereocenters. The molecule has 2 aromatic carbocycles. The molecule has 0 fully saturated rings. The third-order valence-electron chi connectivity index (χ3n) is 5.31. The Morgan fingerprint density at radius 3 is 2.57 bits per heavy atom. The number of hydrogen-bond acceptors (Lipinski definition) is 6. The Balaban J connectivity index is 1.56. The van der Waals surface area contributed by atoms with Crippen LogP contribution in [0.15, 0.2) is 72.9 Å². The van der Waals surface area contributed by atoms with Crippen molar-refractivity contribution in [3.63, 3.8) is 0 Å². The monoisotopic (exact) mass is 493 g/mol. The Morgan fingerprint density at radius 1 is 1.06 bits per heavy atom. The van der Waals surface area contributed by atoms with Crippen molar-refractivity contribution in [2.24, 2.45) is 5.73 Å². The van der Waals surface area contributed by atoms with E-state index in [9.17, 15) is 4.79 Å². The molecule has 0 aliphatic rings. The van der Waals surface area contributed by atoms with Gasteiger partial charge in [0.25, 0.3) is 0 Å². The summed E-state index contributed by atoms with van der Waals surface area (Å²) in [5.74, 6) is 0.746. The maximum absolute atomic E-state index is 12.7. The predicted molar refractivity (Wildman–Crippen MR) is 134 cm³/mol. The van der Waals surface area contributed by atoms with Crippen molar-refractivity contribution >= 4 is 23.2 Å². The molecule has 1 amide bonds. The first-order chi connectivity index (χ1) is 16.8. The Hall–Kier alpha value is -3.46. The Labute approximate surface area is 209 Å². The van der Waals surface area contributed by atoms with Crippen LogP contribution in [0, 0.1) is 0 Å². The number of aromatic nitrogens is 3. The Kier molecular flexibility index (Phi) is 7.65. The van der Waals surface area contributed by atoms with Crippen molar-refractivity contribution in [1.29, 1.82) is 0 Å². The van der Waals surface area contributed by atoms with Crippen LogP contribution in [0.1, 0.15) is 36.8 Å². The lowest BCUT2D eigenvalue weighted by Gasteiger charge is -2.23. The van der Waals surface area contributed by atoms with Gasteiger partial charge in [-0.2, -0.15) is 0 Å². The zero-order valence-corrected chi connectivity index (χ0v) is 20.4. The molecular formula is C26H28ClN5O3. The van der Waals surface area contributed by atoms with Crippen LogP contribution in [0.5, 0.6) is 5.75 Å². The highest BCUT2D eigenvalue weighted by Crippen LogP contribution is 2.23. The van der Waals surface area contributed by atoms with E-state index in [1.807, 2.05) is 72.9 Å². The van der Waals surface area contributed by atoms with E-state index in [4.69, 9.17) is 26.8 Å². The number of nitrogens with zero attached hydrogens (tertiary/aromatic N) is 3. The molecule has 0 saturated heterocycles. The molecule has 2 heterocycles. The normalized spacial score (nSPS) is 12.5. The SMILES string of the molecule is CC(C)(N)C(=O)N[C@H](COCc1ccccc1)c1nnc2c(OCc3cccc(Cl)c3)cccn12. The molecule has 35 heavy (non-hydrogen) atoms. The summed E-state index contributed by atoms with van der Waals surface area (Å²) in [6.45, 7) is 4.20. The van der Waals surface area contributed by atoms with Gasteiger partial charge < -0.3 is 20.5 Å². The summed E-state index contributed by atoms with van der Waals surface area (Å²) in [5, 5.41) is 12.3. The molecule has 0 saturated carbocycles. The lowest BCUT2D eigenvalue weighted by atomic mass is 10.1. The smallest absolute Gasteiger partial charge is 0.240 e. The molecule has 2 aromatic heterocycles. The van der Waals surface area contributed by atoms with Gasteiger partial charge in [0.2, 0.25) is 11.6 Å². The molecule has 0 spiro atoms. The number of rotatable bonds is 10. The first kappa shape index (κ1) is 24.7. The van der Waals surface area contributed by atoms with E-state index in [1.165, 1.54) is 0 Å². The second-order valence-electron chi connectivity index (χ2n) is 8.79. The number of nitrogens with two attached hydrogens (primary N) is 1. The van der Waals surface area contributed by atoms with E-state index in [0.717, 1.165) is 11.1 Å². The van der Waals surface area contributed by atoms with E-state index in [0.29, 0.717) is 35.5 Å². The third kappa shape index (κ3) is 6.36. The second kappa shape index (κ2) is 10.9. The van der Waals surface area contributed by atoms with Gasteiger partial charge >= 0.3 is 0 Å². The molecule has 1 atom stereocenters. The van der Waals surface area contributed by atoms with Crippen LogP contribution in [-0.4, -0.2) is 32.7 Å². The van der Waals surface area contributed by atoms with Gasteiger partial charge in [-0.05, 0) is 49.2 Å². The fourth-order valence-electron chi connectivity index (χ4n) is 3.44. The Bertz CT molecular complexity index is 1290. The van der Waals surface area contributed by atoms with E-state index >= 15 is 0 Å². The van der Waals surface area contributed by atoms with Crippen molar-refractivity contribution in [2.45, 2.75) is 38.6 Å². The highest BCUT2D eigenvalue weighted by Gasteiger charge is 2.28. The number of benzene rings is 2. The van der Waals surface area contributed by atoms with Crippen LogP contribution in [0.2, 0.25) is 5.02 Å². The lowest BCUT2D eigenvalue weighted by Crippen LogP contribution is -2.50. The summed E-state index contributed by atoms with van der Waals surface area (Å²) in [4.78, 5) is 12.7. The summed E-state index contributed by atoms with van der Waals surface area (Å²) in [5.41, 5.74) is 7.44. The number of halogens is 1. The zero-order valence-electron chi connectivity index (χ0n) is 19.6. The summed E-state index contributed by atoms with van der Waals surface area (Å²) in [6, 6.07) is 20.4. The lowest BCUT2D eigenvalue weighted by molar-refractivity contribution is -0.126. The van der Waals surface area contributed by atoms with Crippen molar-refractivity contribution in [3.8, 4) is 5.75 Å². The van der Waals surface area contributed by atoms with Crippen molar-refractivity contribution < 1.29 is 14.3 Å². The first-order valence-corrected chi connectivity index (χ1v) is 11.6. The molecule has 0 radical (unpaired) electrons. The van der Waals surface area contributed by atoms with Crippen molar-refractivity contribution in [2.75, 3.05) is 6.61 Å². The van der Waals surface area contributed by atoms with Crippen LogP contribution in [0.25, 0.3) is 5.65 Å². The largest absolute Gasteiger partial charge is 0.485 e. The number of nitrogens with one attached hydrogen (secondary N) is 1. The summed E-state index contributed by atoms with van der Waals surface area (Å²) in [6.07, 6.45) is 1.82. The highest BCUT2D eigenvalue weighted by molar-refractivity contribution is 6.30. The number of fused-ring (bicyclic) bond motifs is 1. The van der Waals surface area contributed by atoms with Crippen molar-refractivity contribution in [1.82, 2.24) is 19.9 Å². The van der Waals surface area contributed by atoms with E-state index in [-0.39, 0.29) is 12.5 Å². The van der Waals surface area contributed by atoms with Gasteiger partial charge in [0.05, 0.1) is 18.8 Å². The molecule has 0 bridgehead atoms. The van der Waals surface area contributed by atoms with Gasteiger partial charge in [-0.1, -0.05) is 54.1 Å². The van der Waals surface area contributed by atoms with Crippen LogP contribution in [0.4, 0.5) is 0 Å². The van der Waals surface area contributed by atoms with Gasteiger partial charge in [-0.3, -0.25) is 9.20 Å². The van der Waals surface area contributed by atoms with Gasteiger partial charge in [0, 0.05) is 11.2 Å². The third-order valence-corrected chi connectivity index (χ3v) is 5.54. The average molecular weight is 494 g/mol. The number of amides is 1. The van der Waals surface area contributed by atoms with Crippen LogP contribution in [-0.2, 0) is 22.7 Å². The second-order valence-corrected chi connectivity index (χ2v) is 9.23. The molecule has 0 aliphatic carbocycles. The number of carbonyl (C=O) groups is 1. The standard InChI is InChI=1S/C26H28ClN5O3/c1-26(2,28)25(33)29-21(17-34-15-18-8-4-3-5-9-18)23-30-31-24-22(12-7-13-32(23)24)35-16-19-10-6-11-20(27)14-19/h3-14,21H,15-17,28H2,1-2H3,(H,29,33)/t21-/m1/s1. The highest BCUT2D eigenvalue weighted by atomic mass is 35.5. The topological polar surface area (TPSA) is 104 Å². The molecular weight excluding hydrogens is 466 g/mol. The number of carbonyl (C=O) groups excluding carboxylic acids is 1. The first-order valence-electron chi connectivity index (χ1n) is 11.2. The van der Waals surface area contributed by atoms with Gasteiger partial charge in [-0.15, -0.1) is 10.2 Å². The van der Waals surface area contributed by atoms with E-state index in [2.05, 4.69) is 15.5 Å². The zero-order chi connectivity index (χ0) is 24.8. The average Bonchev–Trinajstić information content (AvgIpc) is 3.27. The Morgan fingerprint density at radius 2 is 1.83 bits per heavy atom. The number of pyridine rings is 1.